The zero-order valence-corrected chi connectivity index (χ0v) is 11.0. The summed E-state index contributed by atoms with van der Waals surface area (Å²) in [5, 5.41) is 2.04. The predicted molar refractivity (Wildman–Crippen MR) is 79.2 cm³/mol. The number of aromatic nitrogens is 1. The largest absolute Gasteiger partial charge is 0.495 e. The summed E-state index contributed by atoms with van der Waals surface area (Å²) in [6.07, 6.45) is 1.73. The number of benzene rings is 2. The van der Waals surface area contributed by atoms with Crippen molar-refractivity contribution < 1.29 is 9.47 Å². The lowest BCUT2D eigenvalue weighted by atomic mass is 10.2. The number of nitrogens with two attached hydrogens (primary N) is 1. The number of methoxy groups -OCH3 is 1. The summed E-state index contributed by atoms with van der Waals surface area (Å²) in [5.74, 6) is 1.82. The van der Waals surface area contributed by atoms with Gasteiger partial charge in [-0.1, -0.05) is 18.2 Å². The van der Waals surface area contributed by atoms with Gasteiger partial charge in [0.05, 0.1) is 12.8 Å². The zero-order chi connectivity index (χ0) is 13.9. The molecule has 2 N–H and O–H groups in total. The number of anilines is 1. The van der Waals surface area contributed by atoms with E-state index in [2.05, 4.69) is 4.98 Å². The molecule has 0 aliphatic rings. The van der Waals surface area contributed by atoms with Gasteiger partial charge in [-0.15, -0.1) is 0 Å². The average molecular weight is 266 g/mol. The van der Waals surface area contributed by atoms with E-state index < -0.39 is 0 Å². The summed E-state index contributed by atoms with van der Waals surface area (Å²) in [6, 6.07) is 15.2. The first-order valence-corrected chi connectivity index (χ1v) is 6.23. The van der Waals surface area contributed by atoms with Crippen LogP contribution in [0.25, 0.3) is 10.8 Å². The standard InChI is InChI=1S/C16H14N2O2/c1-19-15-7-6-12(10-14(15)17)20-16-13-5-3-2-4-11(13)8-9-18-16/h2-10H,17H2,1H3. The molecular formula is C16H14N2O2. The van der Waals surface area contributed by atoms with Crippen LogP contribution >= 0.6 is 0 Å². The Bertz CT molecular complexity index is 751. The molecule has 1 aromatic heterocycles. The molecule has 3 rings (SSSR count). The molecule has 100 valence electrons. The van der Waals surface area contributed by atoms with Crippen LogP contribution in [0.3, 0.4) is 0 Å². The molecule has 0 radical (unpaired) electrons. The number of hydrogen-bond acceptors (Lipinski definition) is 4. The van der Waals surface area contributed by atoms with Crippen molar-refractivity contribution >= 4 is 16.5 Å². The highest BCUT2D eigenvalue weighted by atomic mass is 16.5. The van der Waals surface area contributed by atoms with Crippen LogP contribution < -0.4 is 15.2 Å². The lowest BCUT2D eigenvalue weighted by Crippen LogP contribution is -1.94. The molecule has 0 spiro atoms. The van der Waals surface area contributed by atoms with E-state index in [1.165, 1.54) is 0 Å². The van der Waals surface area contributed by atoms with Gasteiger partial charge in [-0.05, 0) is 29.7 Å². The second-order valence-electron chi connectivity index (χ2n) is 4.34. The fourth-order valence-corrected chi connectivity index (χ4v) is 2.06. The Balaban J connectivity index is 1.99. The molecule has 0 aliphatic heterocycles. The molecule has 0 unspecified atom stereocenters. The third-order valence-corrected chi connectivity index (χ3v) is 3.05. The molecular weight excluding hydrogens is 252 g/mol. The first-order valence-electron chi connectivity index (χ1n) is 6.23. The third-order valence-electron chi connectivity index (χ3n) is 3.05. The van der Waals surface area contributed by atoms with Crippen LogP contribution in [-0.4, -0.2) is 12.1 Å². The number of ether oxygens (including phenoxy) is 2. The molecule has 0 saturated carbocycles. The molecule has 1 heterocycles. The topological polar surface area (TPSA) is 57.4 Å². The maximum Gasteiger partial charge on any atom is 0.227 e. The number of rotatable bonds is 3. The van der Waals surface area contributed by atoms with Crippen molar-refractivity contribution in [2.75, 3.05) is 12.8 Å². The Kier molecular flexibility index (Phi) is 3.13. The Morgan fingerprint density at radius 2 is 1.90 bits per heavy atom. The van der Waals surface area contributed by atoms with Crippen LogP contribution in [0.15, 0.2) is 54.7 Å². The van der Waals surface area contributed by atoms with Crippen LogP contribution in [0.1, 0.15) is 0 Å². The first kappa shape index (κ1) is 12.3. The minimum Gasteiger partial charge on any atom is -0.495 e. The van der Waals surface area contributed by atoms with Gasteiger partial charge in [-0.3, -0.25) is 0 Å². The second-order valence-corrected chi connectivity index (χ2v) is 4.34. The van der Waals surface area contributed by atoms with Crippen LogP contribution in [-0.2, 0) is 0 Å². The van der Waals surface area contributed by atoms with E-state index in [0.717, 1.165) is 10.8 Å². The van der Waals surface area contributed by atoms with Crippen molar-refractivity contribution in [3.05, 3.63) is 54.7 Å². The van der Waals surface area contributed by atoms with Crippen molar-refractivity contribution in [1.29, 1.82) is 0 Å². The van der Waals surface area contributed by atoms with Gasteiger partial charge in [0, 0.05) is 17.6 Å². The van der Waals surface area contributed by atoms with Crippen molar-refractivity contribution in [1.82, 2.24) is 4.98 Å². The molecule has 0 amide bonds. The fourth-order valence-electron chi connectivity index (χ4n) is 2.06. The van der Waals surface area contributed by atoms with Gasteiger partial charge in [0.25, 0.3) is 0 Å². The Labute approximate surface area is 116 Å². The van der Waals surface area contributed by atoms with Gasteiger partial charge < -0.3 is 15.2 Å². The highest BCUT2D eigenvalue weighted by Crippen LogP contribution is 2.31. The first-order chi connectivity index (χ1) is 9.78. The maximum absolute atomic E-state index is 5.87. The monoisotopic (exact) mass is 266 g/mol. The van der Waals surface area contributed by atoms with Crippen molar-refractivity contribution in [2.45, 2.75) is 0 Å². The Morgan fingerprint density at radius 1 is 1.05 bits per heavy atom. The van der Waals surface area contributed by atoms with Gasteiger partial charge in [0.15, 0.2) is 0 Å². The molecule has 2 aromatic carbocycles. The van der Waals surface area contributed by atoms with E-state index >= 15 is 0 Å². The normalized spacial score (nSPS) is 10.4. The van der Waals surface area contributed by atoms with Crippen LogP contribution in [0.4, 0.5) is 5.69 Å². The van der Waals surface area contributed by atoms with Gasteiger partial charge in [-0.2, -0.15) is 0 Å². The molecule has 0 saturated heterocycles. The van der Waals surface area contributed by atoms with Crippen molar-refractivity contribution in [2.24, 2.45) is 0 Å². The molecule has 0 fully saturated rings. The Morgan fingerprint density at radius 3 is 2.70 bits per heavy atom. The van der Waals surface area contributed by atoms with Gasteiger partial charge >= 0.3 is 0 Å². The molecule has 4 heteroatoms. The number of nitrogens with zero attached hydrogens (tertiary/aromatic N) is 1. The molecule has 4 nitrogen and oxygen atoms in total. The molecule has 20 heavy (non-hydrogen) atoms. The predicted octanol–water partition coefficient (Wildman–Crippen LogP) is 3.62. The lowest BCUT2D eigenvalue weighted by Gasteiger charge is -2.10. The number of pyridine rings is 1. The van der Waals surface area contributed by atoms with E-state index in [-0.39, 0.29) is 0 Å². The van der Waals surface area contributed by atoms with Crippen molar-refractivity contribution in [3.8, 4) is 17.4 Å². The van der Waals surface area contributed by atoms with Crippen LogP contribution in [0.5, 0.6) is 17.4 Å². The maximum atomic E-state index is 5.87. The SMILES string of the molecule is COc1ccc(Oc2nccc3ccccc23)cc1N. The average Bonchev–Trinajstić information content (AvgIpc) is 2.48. The van der Waals surface area contributed by atoms with Crippen molar-refractivity contribution in [3.63, 3.8) is 0 Å². The molecule has 0 bridgehead atoms. The fraction of sp³-hybridized carbons (Fsp3) is 0.0625. The van der Waals surface area contributed by atoms with Gasteiger partial charge in [-0.25, -0.2) is 4.98 Å². The number of hydrogen-bond donors (Lipinski definition) is 1. The minimum atomic E-state index is 0.533. The second kappa shape index (κ2) is 5.09. The smallest absolute Gasteiger partial charge is 0.227 e. The highest BCUT2D eigenvalue weighted by Gasteiger charge is 2.06. The summed E-state index contributed by atoms with van der Waals surface area (Å²) in [7, 11) is 1.58. The van der Waals surface area contributed by atoms with Crippen LogP contribution in [0.2, 0.25) is 0 Å². The van der Waals surface area contributed by atoms with E-state index in [9.17, 15) is 0 Å². The quantitative estimate of drug-likeness (QED) is 0.736. The van der Waals surface area contributed by atoms with Gasteiger partial charge in [0.2, 0.25) is 5.88 Å². The van der Waals surface area contributed by atoms with Gasteiger partial charge in [0.1, 0.15) is 11.5 Å². The number of nitrogen functional groups attached to an aromatic ring is 1. The Hall–Kier alpha value is -2.75. The van der Waals surface area contributed by atoms with E-state index in [4.69, 9.17) is 15.2 Å². The van der Waals surface area contributed by atoms with E-state index in [1.807, 2.05) is 30.3 Å². The third kappa shape index (κ3) is 2.23. The summed E-state index contributed by atoms with van der Waals surface area (Å²) in [6.45, 7) is 0. The zero-order valence-electron chi connectivity index (χ0n) is 11.0. The van der Waals surface area contributed by atoms with Crippen LogP contribution in [0, 0.1) is 0 Å². The van der Waals surface area contributed by atoms with E-state index in [1.54, 1.807) is 31.5 Å². The number of fused-ring (bicyclic) bond motifs is 1. The summed E-state index contributed by atoms with van der Waals surface area (Å²) in [5.41, 5.74) is 6.41. The summed E-state index contributed by atoms with van der Waals surface area (Å²) < 4.78 is 10.9. The minimum absolute atomic E-state index is 0.533. The lowest BCUT2D eigenvalue weighted by molar-refractivity contribution is 0.415. The molecule has 3 aromatic rings. The summed E-state index contributed by atoms with van der Waals surface area (Å²) in [4.78, 5) is 4.28. The summed E-state index contributed by atoms with van der Waals surface area (Å²) >= 11 is 0. The molecule has 0 atom stereocenters. The molecule has 0 aliphatic carbocycles. The van der Waals surface area contributed by atoms with E-state index in [0.29, 0.717) is 23.1 Å². The highest BCUT2D eigenvalue weighted by molar-refractivity contribution is 5.86.